The number of hydrogen-bond donors (Lipinski definition) is 1. The fourth-order valence-electron chi connectivity index (χ4n) is 1.52. The molecule has 1 unspecified atom stereocenters. The molecule has 1 rings (SSSR count). The van der Waals surface area contributed by atoms with Crippen LogP contribution in [0.3, 0.4) is 0 Å². The monoisotopic (exact) mass is 208 g/mol. The maximum atomic E-state index is 9.75. The van der Waals surface area contributed by atoms with E-state index in [0.29, 0.717) is 13.2 Å². The highest BCUT2D eigenvalue weighted by Crippen LogP contribution is 2.14. The lowest BCUT2D eigenvalue weighted by molar-refractivity contribution is 0.0420. The molecule has 0 aliphatic carbocycles. The first kappa shape index (κ1) is 12.2. The standard InChI is InChI=1S/C13H20O2/c1-3-5-11-6-8-12(9-7-11)13(14)10-15-4-2/h6-9,13-14H,3-5,10H2,1-2H3. The van der Waals surface area contributed by atoms with E-state index in [0.717, 1.165) is 18.4 Å². The zero-order valence-electron chi connectivity index (χ0n) is 9.57. The van der Waals surface area contributed by atoms with Gasteiger partial charge in [0.05, 0.1) is 6.61 Å². The van der Waals surface area contributed by atoms with Crippen LogP contribution >= 0.6 is 0 Å². The Hall–Kier alpha value is -0.860. The molecule has 0 saturated carbocycles. The summed E-state index contributed by atoms with van der Waals surface area (Å²) in [7, 11) is 0. The Kier molecular flexibility index (Phi) is 5.37. The highest BCUT2D eigenvalue weighted by Gasteiger charge is 2.06. The van der Waals surface area contributed by atoms with Crippen LogP contribution in [0.5, 0.6) is 0 Å². The predicted molar refractivity (Wildman–Crippen MR) is 61.9 cm³/mol. The summed E-state index contributed by atoms with van der Waals surface area (Å²) < 4.78 is 5.18. The van der Waals surface area contributed by atoms with Gasteiger partial charge in [0.2, 0.25) is 0 Å². The topological polar surface area (TPSA) is 29.5 Å². The van der Waals surface area contributed by atoms with Gasteiger partial charge in [-0.25, -0.2) is 0 Å². The molecular formula is C13H20O2. The van der Waals surface area contributed by atoms with E-state index in [1.54, 1.807) is 0 Å². The number of aliphatic hydroxyl groups excluding tert-OH is 1. The lowest BCUT2D eigenvalue weighted by atomic mass is 10.0. The lowest BCUT2D eigenvalue weighted by Crippen LogP contribution is -2.06. The summed E-state index contributed by atoms with van der Waals surface area (Å²) in [5.74, 6) is 0. The lowest BCUT2D eigenvalue weighted by Gasteiger charge is -2.11. The van der Waals surface area contributed by atoms with Crippen molar-refractivity contribution in [1.82, 2.24) is 0 Å². The summed E-state index contributed by atoms with van der Waals surface area (Å²) in [6.07, 6.45) is 1.75. The average molecular weight is 208 g/mol. The zero-order chi connectivity index (χ0) is 11.1. The van der Waals surface area contributed by atoms with Crippen LogP contribution in [0.25, 0.3) is 0 Å². The number of hydrogen-bond acceptors (Lipinski definition) is 2. The molecule has 0 saturated heterocycles. The first-order chi connectivity index (χ1) is 7.27. The number of aliphatic hydroxyl groups is 1. The second-order valence-corrected chi connectivity index (χ2v) is 3.67. The van der Waals surface area contributed by atoms with Crippen LogP contribution in [0.2, 0.25) is 0 Å². The molecule has 0 spiro atoms. The van der Waals surface area contributed by atoms with E-state index in [4.69, 9.17) is 4.74 Å². The first-order valence-corrected chi connectivity index (χ1v) is 5.62. The van der Waals surface area contributed by atoms with Gasteiger partial charge in [0, 0.05) is 6.61 Å². The molecule has 84 valence electrons. The Bertz CT molecular complexity index is 266. The smallest absolute Gasteiger partial charge is 0.102 e. The molecule has 0 fully saturated rings. The SMILES string of the molecule is CCCc1ccc(C(O)COCC)cc1. The Morgan fingerprint density at radius 3 is 2.40 bits per heavy atom. The van der Waals surface area contributed by atoms with Gasteiger partial charge in [-0.15, -0.1) is 0 Å². The predicted octanol–water partition coefficient (Wildman–Crippen LogP) is 2.71. The number of rotatable bonds is 6. The van der Waals surface area contributed by atoms with Crippen molar-refractivity contribution in [1.29, 1.82) is 0 Å². The van der Waals surface area contributed by atoms with Gasteiger partial charge in [0.15, 0.2) is 0 Å². The number of benzene rings is 1. The van der Waals surface area contributed by atoms with Crippen LogP contribution in [-0.2, 0) is 11.2 Å². The van der Waals surface area contributed by atoms with E-state index >= 15 is 0 Å². The molecule has 2 nitrogen and oxygen atoms in total. The maximum absolute atomic E-state index is 9.75. The van der Waals surface area contributed by atoms with Crippen LogP contribution in [0, 0.1) is 0 Å². The third kappa shape index (κ3) is 4.02. The van der Waals surface area contributed by atoms with Gasteiger partial charge in [-0.2, -0.15) is 0 Å². The summed E-state index contributed by atoms with van der Waals surface area (Å²) in [4.78, 5) is 0. The van der Waals surface area contributed by atoms with Crippen molar-refractivity contribution in [2.45, 2.75) is 32.8 Å². The molecule has 1 atom stereocenters. The van der Waals surface area contributed by atoms with E-state index in [1.807, 2.05) is 19.1 Å². The van der Waals surface area contributed by atoms with E-state index < -0.39 is 6.10 Å². The second-order valence-electron chi connectivity index (χ2n) is 3.67. The van der Waals surface area contributed by atoms with Crippen molar-refractivity contribution in [3.63, 3.8) is 0 Å². The van der Waals surface area contributed by atoms with Crippen LogP contribution in [0.4, 0.5) is 0 Å². The van der Waals surface area contributed by atoms with Gasteiger partial charge in [-0.1, -0.05) is 37.6 Å². The molecule has 0 bridgehead atoms. The first-order valence-electron chi connectivity index (χ1n) is 5.62. The van der Waals surface area contributed by atoms with Crippen molar-refractivity contribution < 1.29 is 9.84 Å². The average Bonchev–Trinajstić information content (AvgIpc) is 2.27. The fraction of sp³-hybridized carbons (Fsp3) is 0.538. The van der Waals surface area contributed by atoms with Crippen molar-refractivity contribution in [3.8, 4) is 0 Å². The van der Waals surface area contributed by atoms with Crippen molar-refractivity contribution in [2.24, 2.45) is 0 Å². The molecular weight excluding hydrogens is 188 g/mol. The Balaban J connectivity index is 2.54. The highest BCUT2D eigenvalue weighted by molar-refractivity contribution is 5.24. The normalized spacial score (nSPS) is 12.7. The Morgan fingerprint density at radius 2 is 1.87 bits per heavy atom. The summed E-state index contributed by atoms with van der Waals surface area (Å²) in [5, 5.41) is 9.75. The minimum atomic E-state index is -0.499. The van der Waals surface area contributed by atoms with Crippen LogP contribution in [-0.4, -0.2) is 18.3 Å². The van der Waals surface area contributed by atoms with E-state index in [1.165, 1.54) is 5.56 Å². The van der Waals surface area contributed by atoms with Gasteiger partial charge in [-0.05, 0) is 24.5 Å². The molecule has 0 heterocycles. The second kappa shape index (κ2) is 6.59. The van der Waals surface area contributed by atoms with Gasteiger partial charge in [-0.3, -0.25) is 0 Å². The summed E-state index contributed by atoms with van der Waals surface area (Å²) in [6.45, 7) is 5.11. The molecule has 0 aliphatic heterocycles. The summed E-state index contributed by atoms with van der Waals surface area (Å²) in [6, 6.07) is 8.12. The van der Waals surface area contributed by atoms with Crippen LogP contribution in [0.1, 0.15) is 37.5 Å². The van der Waals surface area contributed by atoms with E-state index in [2.05, 4.69) is 19.1 Å². The molecule has 2 heteroatoms. The van der Waals surface area contributed by atoms with E-state index in [9.17, 15) is 5.11 Å². The zero-order valence-corrected chi connectivity index (χ0v) is 9.57. The molecule has 0 aliphatic rings. The van der Waals surface area contributed by atoms with Gasteiger partial charge < -0.3 is 9.84 Å². The van der Waals surface area contributed by atoms with Crippen LogP contribution < -0.4 is 0 Å². The minimum absolute atomic E-state index is 0.379. The van der Waals surface area contributed by atoms with Crippen molar-refractivity contribution in [2.75, 3.05) is 13.2 Å². The molecule has 0 radical (unpaired) electrons. The molecule has 0 aromatic heterocycles. The minimum Gasteiger partial charge on any atom is -0.386 e. The van der Waals surface area contributed by atoms with Crippen molar-refractivity contribution in [3.05, 3.63) is 35.4 Å². The largest absolute Gasteiger partial charge is 0.386 e. The molecule has 1 aromatic carbocycles. The Morgan fingerprint density at radius 1 is 1.20 bits per heavy atom. The number of ether oxygens (including phenoxy) is 1. The van der Waals surface area contributed by atoms with Gasteiger partial charge >= 0.3 is 0 Å². The van der Waals surface area contributed by atoms with Gasteiger partial charge in [0.25, 0.3) is 0 Å². The van der Waals surface area contributed by atoms with Crippen LogP contribution in [0.15, 0.2) is 24.3 Å². The van der Waals surface area contributed by atoms with E-state index in [-0.39, 0.29) is 0 Å². The number of aryl methyl sites for hydroxylation is 1. The summed E-state index contributed by atoms with van der Waals surface area (Å²) >= 11 is 0. The molecule has 1 N–H and O–H groups in total. The molecule has 1 aromatic rings. The third-order valence-electron chi connectivity index (χ3n) is 2.38. The molecule has 15 heavy (non-hydrogen) atoms. The molecule has 0 amide bonds. The quantitative estimate of drug-likeness (QED) is 0.779. The maximum Gasteiger partial charge on any atom is 0.102 e. The summed E-state index contributed by atoms with van der Waals surface area (Å²) in [5.41, 5.74) is 2.26. The third-order valence-corrected chi connectivity index (χ3v) is 2.38. The Labute approximate surface area is 91.9 Å². The van der Waals surface area contributed by atoms with Crippen molar-refractivity contribution >= 4 is 0 Å². The van der Waals surface area contributed by atoms with Gasteiger partial charge in [0.1, 0.15) is 6.10 Å². The fourth-order valence-corrected chi connectivity index (χ4v) is 1.52. The highest BCUT2D eigenvalue weighted by atomic mass is 16.5.